The molecule has 9 heteroatoms. The summed E-state index contributed by atoms with van der Waals surface area (Å²) in [4.78, 5) is 14.7. The summed E-state index contributed by atoms with van der Waals surface area (Å²) in [6, 6.07) is 4.34. The molecule has 1 N–H and O–H groups in total. The summed E-state index contributed by atoms with van der Waals surface area (Å²) >= 11 is 0. The second-order valence-electron chi connectivity index (χ2n) is 8.22. The van der Waals surface area contributed by atoms with Gasteiger partial charge in [0.05, 0.1) is 31.5 Å². The average molecular weight is 419 g/mol. The monoisotopic (exact) mass is 419 g/mol. The summed E-state index contributed by atoms with van der Waals surface area (Å²) in [5.41, 5.74) is 3.03. The molecular formula is C22H25N7O2. The maximum absolute atomic E-state index is 12.6. The third-order valence-electron chi connectivity index (χ3n) is 6.41. The zero-order chi connectivity index (χ0) is 21.4. The van der Waals surface area contributed by atoms with E-state index in [1.807, 2.05) is 34.2 Å². The van der Waals surface area contributed by atoms with Crippen LogP contribution in [-0.2, 0) is 4.79 Å². The maximum atomic E-state index is 12.6. The van der Waals surface area contributed by atoms with Crippen molar-refractivity contribution in [3.63, 3.8) is 0 Å². The quantitative estimate of drug-likeness (QED) is 0.693. The van der Waals surface area contributed by atoms with E-state index in [1.54, 1.807) is 17.8 Å². The zero-order valence-corrected chi connectivity index (χ0v) is 17.5. The molecule has 1 atom stereocenters. The van der Waals surface area contributed by atoms with Gasteiger partial charge in [-0.05, 0) is 31.9 Å². The van der Waals surface area contributed by atoms with Crippen LogP contribution in [0.1, 0.15) is 30.9 Å². The van der Waals surface area contributed by atoms with E-state index in [9.17, 15) is 10.1 Å². The van der Waals surface area contributed by atoms with Crippen molar-refractivity contribution in [2.24, 2.45) is 5.92 Å². The smallest absolute Gasteiger partial charge is 0.227 e. The number of likely N-dealkylation sites (tertiary alicyclic amines) is 1. The Morgan fingerprint density at radius 2 is 2.03 bits per heavy atom. The van der Waals surface area contributed by atoms with Gasteiger partial charge in [-0.3, -0.25) is 9.48 Å². The van der Waals surface area contributed by atoms with Crippen molar-refractivity contribution in [1.29, 1.82) is 5.26 Å². The van der Waals surface area contributed by atoms with Crippen LogP contribution in [0.4, 0.5) is 0 Å². The molecule has 1 unspecified atom stereocenters. The number of methoxy groups -OCH3 is 1. The minimum atomic E-state index is 0.140. The van der Waals surface area contributed by atoms with Crippen LogP contribution < -0.4 is 10.1 Å². The Morgan fingerprint density at radius 1 is 1.19 bits per heavy atom. The second-order valence-corrected chi connectivity index (χ2v) is 8.22. The van der Waals surface area contributed by atoms with Gasteiger partial charge in [0.1, 0.15) is 22.9 Å². The van der Waals surface area contributed by atoms with Crippen LogP contribution in [0.25, 0.3) is 16.6 Å². The van der Waals surface area contributed by atoms with E-state index in [-0.39, 0.29) is 12.0 Å². The highest BCUT2D eigenvalue weighted by atomic mass is 16.5. The molecule has 9 nitrogen and oxygen atoms in total. The Kier molecular flexibility index (Phi) is 5.08. The molecule has 0 aromatic carbocycles. The average Bonchev–Trinajstić information content (AvgIpc) is 3.58. The number of aromatic nitrogens is 4. The molecule has 2 aliphatic heterocycles. The lowest BCUT2D eigenvalue weighted by molar-refractivity contribution is -0.136. The summed E-state index contributed by atoms with van der Waals surface area (Å²) in [6.45, 7) is 3.30. The molecule has 5 heterocycles. The first kappa shape index (κ1) is 19.6. The van der Waals surface area contributed by atoms with E-state index in [1.165, 1.54) is 0 Å². The molecule has 3 aromatic heterocycles. The van der Waals surface area contributed by atoms with Crippen LogP contribution in [-0.4, -0.2) is 63.5 Å². The molecule has 0 bridgehead atoms. The number of pyridine rings is 1. The number of nitrogens with one attached hydrogen (secondary N) is 1. The minimum Gasteiger partial charge on any atom is -0.494 e. The number of hydrogen-bond donors (Lipinski definition) is 1. The highest BCUT2D eigenvalue weighted by molar-refractivity contribution is 5.79. The van der Waals surface area contributed by atoms with Gasteiger partial charge in [0.15, 0.2) is 0 Å². The number of carbonyl (C=O) groups excluding carboxylic acids is 1. The van der Waals surface area contributed by atoms with Gasteiger partial charge in [0.2, 0.25) is 5.91 Å². The highest BCUT2D eigenvalue weighted by Crippen LogP contribution is 2.31. The van der Waals surface area contributed by atoms with Crippen molar-refractivity contribution < 1.29 is 9.53 Å². The fraction of sp³-hybridized carbons (Fsp3) is 0.455. The molecule has 3 aromatic rings. The SMILES string of the molecule is COc1cc(-c2cnn(C3CCN(C(=O)C4CCNC4)CC3)c2)cn2ncc(C#N)c12. The zero-order valence-electron chi connectivity index (χ0n) is 17.5. The normalized spacial score (nSPS) is 19.6. The summed E-state index contributed by atoms with van der Waals surface area (Å²) in [5.74, 6) is 1.04. The summed E-state index contributed by atoms with van der Waals surface area (Å²) < 4.78 is 9.19. The van der Waals surface area contributed by atoms with Gasteiger partial charge in [0, 0.05) is 43.2 Å². The number of carbonyl (C=O) groups is 1. The highest BCUT2D eigenvalue weighted by Gasteiger charge is 2.30. The third kappa shape index (κ3) is 3.53. The van der Waals surface area contributed by atoms with Crippen LogP contribution in [0.5, 0.6) is 5.75 Å². The van der Waals surface area contributed by atoms with E-state index in [2.05, 4.69) is 21.6 Å². The predicted molar refractivity (Wildman–Crippen MR) is 114 cm³/mol. The Bertz CT molecular complexity index is 1140. The molecule has 2 saturated heterocycles. The summed E-state index contributed by atoms with van der Waals surface area (Å²) in [6.07, 6.45) is 10.1. The molecule has 0 aliphatic carbocycles. The van der Waals surface area contributed by atoms with Gasteiger partial charge in [-0.1, -0.05) is 0 Å². The molecule has 0 radical (unpaired) electrons. The van der Waals surface area contributed by atoms with Gasteiger partial charge < -0.3 is 15.0 Å². The third-order valence-corrected chi connectivity index (χ3v) is 6.41. The predicted octanol–water partition coefficient (Wildman–Crippen LogP) is 1.85. The van der Waals surface area contributed by atoms with Crippen LogP contribution in [0.3, 0.4) is 0 Å². The van der Waals surface area contributed by atoms with Gasteiger partial charge in [-0.15, -0.1) is 0 Å². The second kappa shape index (κ2) is 8.04. The summed E-state index contributed by atoms with van der Waals surface area (Å²) in [7, 11) is 1.59. The Morgan fingerprint density at radius 3 is 2.74 bits per heavy atom. The van der Waals surface area contributed by atoms with Crippen molar-refractivity contribution >= 4 is 11.4 Å². The molecule has 2 aliphatic rings. The molecule has 1 amide bonds. The maximum Gasteiger partial charge on any atom is 0.227 e. The number of amides is 1. The largest absolute Gasteiger partial charge is 0.494 e. The molecule has 160 valence electrons. The van der Waals surface area contributed by atoms with Crippen LogP contribution in [0.2, 0.25) is 0 Å². The number of piperidine rings is 1. The minimum absolute atomic E-state index is 0.140. The van der Waals surface area contributed by atoms with Crippen molar-refractivity contribution in [3.05, 3.63) is 36.4 Å². The first-order chi connectivity index (χ1) is 15.2. The van der Waals surface area contributed by atoms with Gasteiger partial charge >= 0.3 is 0 Å². The first-order valence-corrected chi connectivity index (χ1v) is 10.7. The van der Waals surface area contributed by atoms with E-state index < -0.39 is 0 Å². The van der Waals surface area contributed by atoms with E-state index >= 15 is 0 Å². The van der Waals surface area contributed by atoms with Crippen LogP contribution >= 0.6 is 0 Å². The standard InChI is InChI=1S/C22H25N7O2/c1-31-20-8-16(13-29-21(20)17(9-23)11-26-29)18-12-25-28(14-18)19-3-6-27(7-4-19)22(30)15-2-5-24-10-15/h8,11-15,19,24H,2-7,10H2,1H3. The van der Waals surface area contributed by atoms with Gasteiger partial charge in [-0.25, -0.2) is 4.52 Å². The number of hydrogen-bond acceptors (Lipinski definition) is 6. The fourth-order valence-electron chi connectivity index (χ4n) is 4.64. The van der Waals surface area contributed by atoms with Crippen molar-refractivity contribution in [2.75, 3.05) is 33.3 Å². The van der Waals surface area contributed by atoms with Crippen molar-refractivity contribution in [3.8, 4) is 22.9 Å². The van der Waals surface area contributed by atoms with E-state index in [0.717, 1.165) is 56.6 Å². The molecule has 0 spiro atoms. The van der Waals surface area contributed by atoms with Crippen LogP contribution in [0, 0.1) is 17.2 Å². The molecule has 0 saturated carbocycles. The molecule has 2 fully saturated rings. The van der Waals surface area contributed by atoms with Crippen molar-refractivity contribution in [2.45, 2.75) is 25.3 Å². The first-order valence-electron chi connectivity index (χ1n) is 10.7. The Labute approximate surface area is 180 Å². The van der Waals surface area contributed by atoms with E-state index in [4.69, 9.17) is 4.74 Å². The number of nitriles is 1. The molecule has 5 rings (SSSR count). The lowest BCUT2D eigenvalue weighted by atomic mass is 10.0. The number of fused-ring (bicyclic) bond motifs is 1. The van der Waals surface area contributed by atoms with Crippen molar-refractivity contribution in [1.82, 2.24) is 29.6 Å². The fourth-order valence-corrected chi connectivity index (χ4v) is 4.64. The Balaban J connectivity index is 1.32. The van der Waals surface area contributed by atoms with Gasteiger partial charge in [-0.2, -0.15) is 15.5 Å². The number of rotatable bonds is 4. The number of nitrogens with zero attached hydrogens (tertiary/aromatic N) is 6. The lowest BCUT2D eigenvalue weighted by Gasteiger charge is -2.33. The summed E-state index contributed by atoms with van der Waals surface area (Å²) in [5, 5.41) is 21.5. The topological polar surface area (TPSA) is 100 Å². The van der Waals surface area contributed by atoms with Crippen LogP contribution in [0.15, 0.2) is 30.9 Å². The number of ether oxygens (including phenoxy) is 1. The lowest BCUT2D eigenvalue weighted by Crippen LogP contribution is -2.42. The molecular weight excluding hydrogens is 394 g/mol. The van der Waals surface area contributed by atoms with Gasteiger partial charge in [0.25, 0.3) is 0 Å². The Hall–Kier alpha value is -3.38. The molecule has 31 heavy (non-hydrogen) atoms. The van der Waals surface area contributed by atoms with E-state index in [0.29, 0.717) is 22.7 Å².